The molecule has 4 nitrogen and oxygen atoms in total. The topological polar surface area (TPSA) is 46.6 Å². The number of likely N-dealkylation sites (N-methyl/N-ethyl adjacent to an activating group) is 1. The maximum absolute atomic E-state index is 12.9. The normalized spacial score (nSPS) is 11.8. The van der Waals surface area contributed by atoms with Crippen molar-refractivity contribution in [2.75, 3.05) is 11.9 Å². The molecule has 23 heavy (non-hydrogen) atoms. The van der Waals surface area contributed by atoms with Crippen molar-refractivity contribution in [3.63, 3.8) is 0 Å². The van der Waals surface area contributed by atoms with Crippen molar-refractivity contribution in [2.45, 2.75) is 20.0 Å². The van der Waals surface area contributed by atoms with Crippen LogP contribution in [0, 0.1) is 5.92 Å². The quantitative estimate of drug-likeness (QED) is 0.793. The molecule has 0 fully saturated rings. The molecular weight excluding hydrogens is 290 g/mol. The zero-order chi connectivity index (χ0) is 16.8. The average Bonchev–Trinajstić information content (AvgIpc) is 2.59. The lowest BCUT2D eigenvalue weighted by Crippen LogP contribution is -2.34. The zero-order valence-corrected chi connectivity index (χ0v) is 13.6. The van der Waals surface area contributed by atoms with Crippen molar-refractivity contribution in [1.29, 1.82) is 0 Å². The van der Waals surface area contributed by atoms with Gasteiger partial charge >= 0.3 is 5.97 Å². The van der Waals surface area contributed by atoms with E-state index >= 15 is 0 Å². The summed E-state index contributed by atoms with van der Waals surface area (Å²) in [7, 11) is 1.68. The van der Waals surface area contributed by atoms with Gasteiger partial charge in [0.2, 0.25) is 6.10 Å². The molecule has 2 aromatic carbocycles. The van der Waals surface area contributed by atoms with Gasteiger partial charge in [0.1, 0.15) is 0 Å². The summed E-state index contributed by atoms with van der Waals surface area (Å²) in [4.78, 5) is 26.4. The van der Waals surface area contributed by atoms with Gasteiger partial charge in [0, 0.05) is 18.3 Å². The SMILES string of the molecule is CC(C)C(=O)O[C@H](C(=O)N(C)c1ccccc1)c1ccccc1. The van der Waals surface area contributed by atoms with Crippen molar-refractivity contribution < 1.29 is 14.3 Å². The third kappa shape index (κ3) is 4.19. The van der Waals surface area contributed by atoms with Crippen LogP contribution in [0.25, 0.3) is 0 Å². The number of carbonyl (C=O) groups is 2. The molecule has 0 aliphatic carbocycles. The molecule has 1 amide bonds. The number of hydrogen-bond donors (Lipinski definition) is 0. The summed E-state index contributed by atoms with van der Waals surface area (Å²) in [6.07, 6.45) is -0.948. The summed E-state index contributed by atoms with van der Waals surface area (Å²) < 4.78 is 5.47. The van der Waals surface area contributed by atoms with Crippen LogP contribution in [0.3, 0.4) is 0 Å². The molecular formula is C19H21NO3. The van der Waals surface area contributed by atoms with Gasteiger partial charge in [0.25, 0.3) is 5.91 Å². The standard InChI is InChI=1S/C19H21NO3/c1-14(2)19(22)23-17(15-10-6-4-7-11-15)18(21)20(3)16-12-8-5-9-13-16/h4-14,17H,1-3H3/t17-/m0/s1. The lowest BCUT2D eigenvalue weighted by atomic mass is 10.1. The van der Waals surface area contributed by atoms with Crippen LogP contribution < -0.4 is 4.90 Å². The van der Waals surface area contributed by atoms with E-state index in [1.165, 1.54) is 4.90 Å². The predicted molar refractivity (Wildman–Crippen MR) is 90.0 cm³/mol. The number of ether oxygens (including phenoxy) is 1. The third-order valence-corrected chi connectivity index (χ3v) is 3.51. The van der Waals surface area contributed by atoms with Gasteiger partial charge in [-0.05, 0) is 12.1 Å². The summed E-state index contributed by atoms with van der Waals surface area (Å²) in [5.74, 6) is -0.971. The van der Waals surface area contributed by atoms with E-state index in [1.54, 1.807) is 33.0 Å². The highest BCUT2D eigenvalue weighted by molar-refractivity contribution is 5.97. The number of hydrogen-bond acceptors (Lipinski definition) is 3. The molecule has 0 bridgehead atoms. The second-order valence-electron chi connectivity index (χ2n) is 5.62. The van der Waals surface area contributed by atoms with Gasteiger partial charge in [-0.15, -0.1) is 0 Å². The van der Waals surface area contributed by atoms with Gasteiger partial charge in [0.15, 0.2) is 0 Å². The van der Waals surface area contributed by atoms with Gasteiger partial charge in [-0.3, -0.25) is 9.59 Å². The van der Waals surface area contributed by atoms with Gasteiger partial charge in [-0.1, -0.05) is 62.4 Å². The monoisotopic (exact) mass is 311 g/mol. The highest BCUT2D eigenvalue weighted by Gasteiger charge is 2.29. The summed E-state index contributed by atoms with van der Waals surface area (Å²) >= 11 is 0. The number of amides is 1. The van der Waals surface area contributed by atoms with E-state index in [2.05, 4.69) is 0 Å². The largest absolute Gasteiger partial charge is 0.447 e. The molecule has 120 valence electrons. The highest BCUT2D eigenvalue weighted by atomic mass is 16.5. The Morgan fingerprint density at radius 3 is 1.96 bits per heavy atom. The molecule has 0 aromatic heterocycles. The first-order chi connectivity index (χ1) is 11.0. The first kappa shape index (κ1) is 16.7. The van der Waals surface area contributed by atoms with Crippen molar-refractivity contribution in [3.05, 3.63) is 66.2 Å². The fourth-order valence-electron chi connectivity index (χ4n) is 2.10. The van der Waals surface area contributed by atoms with Crippen LogP contribution in [0.2, 0.25) is 0 Å². The first-order valence-corrected chi connectivity index (χ1v) is 7.58. The Morgan fingerprint density at radius 1 is 0.913 bits per heavy atom. The molecule has 2 aromatic rings. The predicted octanol–water partition coefficient (Wildman–Crippen LogP) is 3.59. The maximum atomic E-state index is 12.9. The number of esters is 1. The summed E-state index contributed by atoms with van der Waals surface area (Å²) in [6, 6.07) is 18.3. The van der Waals surface area contributed by atoms with Gasteiger partial charge in [0.05, 0.1) is 5.92 Å². The molecule has 2 rings (SSSR count). The molecule has 0 heterocycles. The zero-order valence-electron chi connectivity index (χ0n) is 13.6. The minimum atomic E-state index is -0.948. The van der Waals surface area contributed by atoms with Gasteiger partial charge in [-0.25, -0.2) is 0 Å². The van der Waals surface area contributed by atoms with Crippen LogP contribution in [0.1, 0.15) is 25.5 Å². The van der Waals surface area contributed by atoms with Crippen molar-refractivity contribution >= 4 is 17.6 Å². The van der Waals surface area contributed by atoms with Crippen LogP contribution in [0.5, 0.6) is 0 Å². The van der Waals surface area contributed by atoms with Crippen molar-refractivity contribution in [2.24, 2.45) is 5.92 Å². The lowest BCUT2D eigenvalue weighted by molar-refractivity contribution is -0.158. The smallest absolute Gasteiger partial charge is 0.309 e. The first-order valence-electron chi connectivity index (χ1n) is 7.58. The summed E-state index contributed by atoms with van der Waals surface area (Å²) in [6.45, 7) is 3.49. The highest BCUT2D eigenvalue weighted by Crippen LogP contribution is 2.24. The van der Waals surface area contributed by atoms with Crippen molar-refractivity contribution in [1.82, 2.24) is 0 Å². The number of anilines is 1. The van der Waals surface area contributed by atoms with E-state index in [1.807, 2.05) is 48.5 Å². The summed E-state index contributed by atoms with van der Waals surface area (Å²) in [5, 5.41) is 0. The molecule has 0 saturated carbocycles. The molecule has 0 N–H and O–H groups in total. The second-order valence-corrected chi connectivity index (χ2v) is 5.62. The Kier molecular flexibility index (Phi) is 5.52. The number of carbonyl (C=O) groups excluding carboxylic acids is 2. The molecule has 4 heteroatoms. The molecule has 1 atom stereocenters. The molecule has 0 aliphatic rings. The molecule has 0 saturated heterocycles. The fraction of sp³-hybridized carbons (Fsp3) is 0.263. The van der Waals surface area contributed by atoms with Crippen LogP contribution in [0.4, 0.5) is 5.69 Å². The Morgan fingerprint density at radius 2 is 1.43 bits per heavy atom. The minimum absolute atomic E-state index is 0.281. The van der Waals surface area contributed by atoms with E-state index in [4.69, 9.17) is 4.74 Å². The van der Waals surface area contributed by atoms with E-state index in [-0.39, 0.29) is 11.8 Å². The number of para-hydroxylation sites is 1. The number of benzene rings is 2. The summed E-state index contributed by atoms with van der Waals surface area (Å²) in [5.41, 5.74) is 1.41. The number of rotatable bonds is 5. The van der Waals surface area contributed by atoms with Crippen LogP contribution in [-0.2, 0) is 14.3 Å². The van der Waals surface area contributed by atoms with Gasteiger partial charge in [-0.2, -0.15) is 0 Å². The second kappa shape index (κ2) is 7.58. The van der Waals surface area contributed by atoms with Crippen LogP contribution >= 0.6 is 0 Å². The van der Waals surface area contributed by atoms with Crippen LogP contribution in [-0.4, -0.2) is 18.9 Å². The third-order valence-electron chi connectivity index (χ3n) is 3.51. The van der Waals surface area contributed by atoms with Crippen LogP contribution in [0.15, 0.2) is 60.7 Å². The van der Waals surface area contributed by atoms with E-state index in [0.29, 0.717) is 5.56 Å². The van der Waals surface area contributed by atoms with E-state index in [0.717, 1.165) is 5.69 Å². The minimum Gasteiger partial charge on any atom is -0.447 e. The Hall–Kier alpha value is -2.62. The molecule has 0 spiro atoms. The Bertz CT molecular complexity index is 653. The Balaban J connectivity index is 2.29. The molecule has 0 unspecified atom stereocenters. The molecule has 0 aliphatic heterocycles. The van der Waals surface area contributed by atoms with E-state index < -0.39 is 12.1 Å². The maximum Gasteiger partial charge on any atom is 0.309 e. The van der Waals surface area contributed by atoms with Gasteiger partial charge < -0.3 is 9.64 Å². The number of nitrogens with zero attached hydrogens (tertiary/aromatic N) is 1. The fourth-order valence-corrected chi connectivity index (χ4v) is 2.10. The average molecular weight is 311 g/mol. The Labute approximate surface area is 136 Å². The lowest BCUT2D eigenvalue weighted by Gasteiger charge is -2.24. The molecule has 0 radical (unpaired) electrons. The van der Waals surface area contributed by atoms with Crippen molar-refractivity contribution in [3.8, 4) is 0 Å². The van der Waals surface area contributed by atoms with E-state index in [9.17, 15) is 9.59 Å².